The number of carbonyl (C=O) groups excluding carboxylic acids is 1. The molecule has 25 heavy (non-hydrogen) atoms. The molecule has 0 unspecified atom stereocenters. The van der Waals surface area contributed by atoms with Gasteiger partial charge in [-0.2, -0.15) is 0 Å². The van der Waals surface area contributed by atoms with Gasteiger partial charge in [0.15, 0.2) is 0 Å². The van der Waals surface area contributed by atoms with Crippen molar-refractivity contribution >= 4 is 23.3 Å². The van der Waals surface area contributed by atoms with Crippen molar-refractivity contribution in [1.29, 1.82) is 0 Å². The Balaban J connectivity index is 1.63. The fourth-order valence-corrected chi connectivity index (χ4v) is 3.56. The molecule has 0 aliphatic carbocycles. The van der Waals surface area contributed by atoms with E-state index >= 15 is 0 Å². The van der Waals surface area contributed by atoms with Crippen LogP contribution in [0.1, 0.15) is 29.1 Å². The Morgan fingerprint density at radius 1 is 1.40 bits per heavy atom. The molecule has 0 radical (unpaired) electrons. The Labute approximate surface area is 153 Å². The minimum absolute atomic E-state index is 0.110. The molecule has 2 aromatic rings. The quantitative estimate of drug-likeness (QED) is 0.759. The lowest BCUT2D eigenvalue weighted by atomic mass is 10.2. The van der Waals surface area contributed by atoms with Gasteiger partial charge >= 0.3 is 0 Å². The monoisotopic (exact) mass is 356 g/mol. The Morgan fingerprint density at radius 3 is 2.92 bits per heavy atom. The molecule has 132 valence electrons. The van der Waals surface area contributed by atoms with Crippen LogP contribution in [0.15, 0.2) is 41.8 Å². The van der Waals surface area contributed by atoms with E-state index in [1.165, 1.54) is 0 Å². The second-order valence-corrected chi connectivity index (χ2v) is 7.34. The molecule has 0 bridgehead atoms. The van der Waals surface area contributed by atoms with E-state index in [2.05, 4.69) is 29.3 Å². The van der Waals surface area contributed by atoms with Crippen molar-refractivity contribution in [1.82, 2.24) is 9.88 Å². The summed E-state index contributed by atoms with van der Waals surface area (Å²) in [6.45, 7) is 4.01. The molecule has 1 aromatic heterocycles. The molecular formula is C20H24N2O2S. The van der Waals surface area contributed by atoms with Gasteiger partial charge in [-0.1, -0.05) is 42.5 Å². The minimum Gasteiger partial charge on any atom is -0.376 e. The Bertz CT molecular complexity index is 705. The molecule has 1 amide bonds. The summed E-state index contributed by atoms with van der Waals surface area (Å²) in [6.07, 6.45) is 6.74. The van der Waals surface area contributed by atoms with Gasteiger partial charge in [-0.15, -0.1) is 11.3 Å². The van der Waals surface area contributed by atoms with Gasteiger partial charge < -0.3 is 9.64 Å². The summed E-state index contributed by atoms with van der Waals surface area (Å²) in [4.78, 5) is 19.1. The molecule has 0 spiro atoms. The Kier molecular flexibility index (Phi) is 6.36. The van der Waals surface area contributed by atoms with Crippen LogP contribution in [0.25, 0.3) is 6.08 Å². The number of aromatic nitrogens is 1. The summed E-state index contributed by atoms with van der Waals surface area (Å²) in [6, 6.07) is 10.1. The predicted molar refractivity (Wildman–Crippen MR) is 102 cm³/mol. The molecule has 1 fully saturated rings. The smallest absolute Gasteiger partial charge is 0.228 e. The SMILES string of the molecule is Cc1nc(CC(=O)N(C/C=C/c2ccccc2)C[C@H]2CCCO2)cs1. The van der Waals surface area contributed by atoms with Gasteiger partial charge in [0, 0.05) is 25.1 Å². The number of hydrogen-bond donors (Lipinski definition) is 0. The van der Waals surface area contributed by atoms with E-state index in [0.29, 0.717) is 19.5 Å². The fraction of sp³-hybridized carbons (Fsp3) is 0.400. The molecule has 5 heteroatoms. The number of benzene rings is 1. The van der Waals surface area contributed by atoms with E-state index in [0.717, 1.165) is 35.7 Å². The van der Waals surface area contributed by atoms with Crippen molar-refractivity contribution in [2.24, 2.45) is 0 Å². The number of ether oxygens (including phenoxy) is 1. The summed E-state index contributed by atoms with van der Waals surface area (Å²) < 4.78 is 5.72. The first-order valence-corrected chi connectivity index (χ1v) is 9.60. The van der Waals surface area contributed by atoms with E-state index in [1.807, 2.05) is 35.4 Å². The van der Waals surface area contributed by atoms with Gasteiger partial charge in [0.25, 0.3) is 0 Å². The number of aryl methyl sites for hydroxylation is 1. The number of rotatable bonds is 7. The standard InChI is InChI=1S/C20H24N2O2S/c1-16-21-18(15-25-16)13-20(23)22(14-19-10-6-12-24-19)11-5-9-17-7-3-2-4-8-17/h2-5,7-9,15,19H,6,10-14H2,1H3/b9-5+/t19-/m1/s1. The lowest BCUT2D eigenvalue weighted by Crippen LogP contribution is -2.38. The first kappa shape index (κ1) is 17.8. The van der Waals surface area contributed by atoms with Crippen molar-refractivity contribution in [2.75, 3.05) is 19.7 Å². The predicted octanol–water partition coefficient (Wildman–Crippen LogP) is 3.72. The Hall–Kier alpha value is -1.98. The molecule has 1 aromatic carbocycles. The fourth-order valence-electron chi connectivity index (χ4n) is 2.95. The third kappa shape index (κ3) is 5.51. The molecule has 0 N–H and O–H groups in total. The largest absolute Gasteiger partial charge is 0.376 e. The minimum atomic E-state index is 0.110. The van der Waals surface area contributed by atoms with E-state index in [4.69, 9.17) is 4.74 Å². The molecular weight excluding hydrogens is 332 g/mol. The van der Waals surface area contributed by atoms with Gasteiger partial charge in [-0.05, 0) is 25.3 Å². The van der Waals surface area contributed by atoms with Crippen LogP contribution in [0.3, 0.4) is 0 Å². The molecule has 1 saturated heterocycles. The zero-order valence-electron chi connectivity index (χ0n) is 14.6. The van der Waals surface area contributed by atoms with Gasteiger partial charge in [0.05, 0.1) is 23.2 Å². The molecule has 1 atom stereocenters. The average Bonchev–Trinajstić information content (AvgIpc) is 3.26. The molecule has 1 aliphatic rings. The van der Waals surface area contributed by atoms with Crippen LogP contribution in [0.4, 0.5) is 0 Å². The van der Waals surface area contributed by atoms with Crippen LogP contribution in [0.5, 0.6) is 0 Å². The molecule has 3 rings (SSSR count). The van der Waals surface area contributed by atoms with Crippen LogP contribution in [-0.4, -0.2) is 41.6 Å². The number of thiazole rings is 1. The van der Waals surface area contributed by atoms with E-state index < -0.39 is 0 Å². The first-order valence-electron chi connectivity index (χ1n) is 8.72. The van der Waals surface area contributed by atoms with Crippen LogP contribution < -0.4 is 0 Å². The second kappa shape index (κ2) is 8.92. The second-order valence-electron chi connectivity index (χ2n) is 6.28. The van der Waals surface area contributed by atoms with Crippen LogP contribution in [0, 0.1) is 6.92 Å². The lowest BCUT2D eigenvalue weighted by molar-refractivity contribution is -0.131. The summed E-state index contributed by atoms with van der Waals surface area (Å²) >= 11 is 1.59. The Morgan fingerprint density at radius 2 is 2.24 bits per heavy atom. The number of amides is 1. The number of hydrogen-bond acceptors (Lipinski definition) is 4. The summed E-state index contributed by atoms with van der Waals surface area (Å²) in [7, 11) is 0. The van der Waals surface area contributed by atoms with Crippen molar-refractivity contribution in [3.63, 3.8) is 0 Å². The van der Waals surface area contributed by atoms with Gasteiger partial charge in [-0.3, -0.25) is 4.79 Å². The van der Waals surface area contributed by atoms with Crippen molar-refractivity contribution < 1.29 is 9.53 Å². The maximum Gasteiger partial charge on any atom is 0.228 e. The highest BCUT2D eigenvalue weighted by atomic mass is 32.1. The summed E-state index contributed by atoms with van der Waals surface area (Å²) in [5.74, 6) is 0.110. The van der Waals surface area contributed by atoms with Crippen LogP contribution in [-0.2, 0) is 16.0 Å². The van der Waals surface area contributed by atoms with E-state index in [1.54, 1.807) is 11.3 Å². The number of carbonyl (C=O) groups is 1. The number of nitrogens with zero attached hydrogens (tertiary/aromatic N) is 2. The molecule has 1 aliphatic heterocycles. The zero-order chi connectivity index (χ0) is 17.5. The van der Waals surface area contributed by atoms with Crippen LogP contribution >= 0.6 is 11.3 Å². The topological polar surface area (TPSA) is 42.4 Å². The molecule has 0 saturated carbocycles. The maximum atomic E-state index is 12.8. The highest BCUT2D eigenvalue weighted by molar-refractivity contribution is 7.09. The van der Waals surface area contributed by atoms with Gasteiger partial charge in [0.1, 0.15) is 0 Å². The van der Waals surface area contributed by atoms with Crippen LogP contribution in [0.2, 0.25) is 0 Å². The van der Waals surface area contributed by atoms with Crippen molar-refractivity contribution in [2.45, 2.75) is 32.3 Å². The molecule has 4 nitrogen and oxygen atoms in total. The zero-order valence-corrected chi connectivity index (χ0v) is 15.4. The first-order chi connectivity index (χ1) is 12.2. The summed E-state index contributed by atoms with van der Waals surface area (Å²) in [5.41, 5.74) is 2.00. The third-order valence-electron chi connectivity index (χ3n) is 4.24. The average molecular weight is 356 g/mol. The van der Waals surface area contributed by atoms with E-state index in [9.17, 15) is 4.79 Å². The third-order valence-corrected chi connectivity index (χ3v) is 5.06. The van der Waals surface area contributed by atoms with E-state index in [-0.39, 0.29) is 12.0 Å². The van der Waals surface area contributed by atoms with Crippen molar-refractivity contribution in [3.05, 3.63) is 58.1 Å². The van der Waals surface area contributed by atoms with Crippen molar-refractivity contribution in [3.8, 4) is 0 Å². The normalized spacial score (nSPS) is 17.2. The molecule has 2 heterocycles. The van der Waals surface area contributed by atoms with Gasteiger partial charge in [0.2, 0.25) is 5.91 Å². The van der Waals surface area contributed by atoms with Gasteiger partial charge in [-0.25, -0.2) is 4.98 Å². The highest BCUT2D eigenvalue weighted by Crippen LogP contribution is 2.15. The highest BCUT2D eigenvalue weighted by Gasteiger charge is 2.22. The lowest BCUT2D eigenvalue weighted by Gasteiger charge is -2.24. The summed E-state index contributed by atoms with van der Waals surface area (Å²) in [5, 5.41) is 2.97. The maximum absolute atomic E-state index is 12.8.